The topological polar surface area (TPSA) is 99.4 Å². The molecule has 1 aliphatic rings. The van der Waals surface area contributed by atoms with E-state index in [1.165, 1.54) is 11.1 Å². The van der Waals surface area contributed by atoms with Crippen LogP contribution >= 0.6 is 0 Å². The molecular formula is C28H27FN2O5. The Kier molecular flexibility index (Phi) is 7.05. The number of nitrogens with zero attached hydrogens (tertiary/aromatic N) is 2. The summed E-state index contributed by atoms with van der Waals surface area (Å²) in [6.07, 6.45) is 0.425. The molecule has 1 aliphatic heterocycles. The number of hydrazone groups is 1. The number of carbonyl (C=O) groups is 2. The van der Waals surface area contributed by atoms with E-state index in [9.17, 15) is 24.2 Å². The molecule has 0 saturated heterocycles. The predicted molar refractivity (Wildman–Crippen MR) is 135 cm³/mol. The summed E-state index contributed by atoms with van der Waals surface area (Å²) in [5, 5.41) is 24.4. The van der Waals surface area contributed by atoms with Crippen LogP contribution in [0.5, 0.6) is 5.75 Å². The van der Waals surface area contributed by atoms with E-state index in [-0.39, 0.29) is 17.9 Å². The highest BCUT2D eigenvalue weighted by atomic mass is 19.1. The standard InChI is InChI=1S/C28H27FN2O5/c1-16-12-20(23-14-22(36-3)10-11-24(23)29)7-6-19(16)13-18-4-8-21(9-5-18)31-25(15-26(32)33)17(2)27(30-31)28(34)35/h4-12,14,17,25H,13,15H2,1-3H3,(H,32,33)(H,34,35)/t17-,25-/m0/s1. The van der Waals surface area contributed by atoms with Crippen molar-refractivity contribution < 1.29 is 28.9 Å². The quantitative estimate of drug-likeness (QED) is 0.454. The molecule has 7 nitrogen and oxygen atoms in total. The van der Waals surface area contributed by atoms with Gasteiger partial charge in [-0.2, -0.15) is 5.10 Å². The molecule has 0 bridgehead atoms. The van der Waals surface area contributed by atoms with Gasteiger partial charge in [0, 0.05) is 11.5 Å². The predicted octanol–water partition coefficient (Wildman–Crippen LogP) is 5.14. The SMILES string of the molecule is COc1ccc(F)c(-c2ccc(Cc3ccc(N4N=C(C(=O)O)[C@@H](C)[C@@H]4CC(=O)O)cc3)c(C)c2)c1. The minimum absolute atomic E-state index is 0.0477. The fourth-order valence-corrected chi connectivity index (χ4v) is 4.51. The summed E-state index contributed by atoms with van der Waals surface area (Å²) in [5.41, 5.74) is 4.95. The molecular weight excluding hydrogens is 463 g/mol. The van der Waals surface area contributed by atoms with E-state index < -0.39 is 23.9 Å². The lowest BCUT2D eigenvalue weighted by Crippen LogP contribution is -2.35. The molecule has 2 N–H and O–H groups in total. The van der Waals surface area contributed by atoms with Gasteiger partial charge in [0.05, 0.1) is 25.3 Å². The fraction of sp³-hybridized carbons (Fsp3) is 0.250. The van der Waals surface area contributed by atoms with Crippen molar-refractivity contribution in [2.75, 3.05) is 12.1 Å². The van der Waals surface area contributed by atoms with Gasteiger partial charge < -0.3 is 14.9 Å². The third-order valence-corrected chi connectivity index (χ3v) is 6.56. The number of hydrogen-bond acceptors (Lipinski definition) is 5. The van der Waals surface area contributed by atoms with Crippen LogP contribution in [0.2, 0.25) is 0 Å². The van der Waals surface area contributed by atoms with Crippen molar-refractivity contribution in [3.05, 3.63) is 83.2 Å². The van der Waals surface area contributed by atoms with E-state index in [0.29, 0.717) is 23.4 Å². The Morgan fingerprint density at radius 1 is 1.06 bits per heavy atom. The first-order valence-electron chi connectivity index (χ1n) is 11.5. The Morgan fingerprint density at radius 2 is 1.78 bits per heavy atom. The van der Waals surface area contributed by atoms with Gasteiger partial charge in [-0.15, -0.1) is 0 Å². The van der Waals surface area contributed by atoms with E-state index in [1.54, 1.807) is 26.2 Å². The fourth-order valence-electron chi connectivity index (χ4n) is 4.51. The van der Waals surface area contributed by atoms with Crippen LogP contribution in [-0.2, 0) is 16.0 Å². The molecule has 186 valence electrons. The zero-order valence-electron chi connectivity index (χ0n) is 20.2. The van der Waals surface area contributed by atoms with Gasteiger partial charge in [-0.3, -0.25) is 9.80 Å². The largest absolute Gasteiger partial charge is 0.497 e. The van der Waals surface area contributed by atoms with Crippen molar-refractivity contribution >= 4 is 23.3 Å². The van der Waals surface area contributed by atoms with Crippen LogP contribution < -0.4 is 9.75 Å². The monoisotopic (exact) mass is 490 g/mol. The Labute approximate surface area is 208 Å². The highest BCUT2D eigenvalue weighted by Gasteiger charge is 2.39. The molecule has 0 fully saturated rings. The molecule has 0 aromatic heterocycles. The Bertz CT molecular complexity index is 1340. The second-order valence-corrected chi connectivity index (χ2v) is 8.92. The van der Waals surface area contributed by atoms with Gasteiger partial charge in [-0.25, -0.2) is 9.18 Å². The average molecular weight is 491 g/mol. The van der Waals surface area contributed by atoms with Crippen LogP contribution in [0.3, 0.4) is 0 Å². The maximum Gasteiger partial charge on any atom is 0.352 e. The second kappa shape index (κ2) is 10.2. The summed E-state index contributed by atoms with van der Waals surface area (Å²) < 4.78 is 19.6. The van der Waals surface area contributed by atoms with Gasteiger partial charge >= 0.3 is 11.9 Å². The van der Waals surface area contributed by atoms with E-state index in [1.807, 2.05) is 49.4 Å². The molecule has 2 atom stereocenters. The first-order valence-corrected chi connectivity index (χ1v) is 11.5. The van der Waals surface area contributed by atoms with Crippen LogP contribution in [0, 0.1) is 18.7 Å². The molecule has 4 rings (SSSR count). The van der Waals surface area contributed by atoms with E-state index in [4.69, 9.17) is 4.74 Å². The molecule has 0 saturated carbocycles. The second-order valence-electron chi connectivity index (χ2n) is 8.92. The first-order chi connectivity index (χ1) is 17.2. The molecule has 36 heavy (non-hydrogen) atoms. The Balaban J connectivity index is 1.55. The first kappa shape index (κ1) is 24.9. The minimum atomic E-state index is -1.15. The number of aryl methyl sites for hydroxylation is 1. The third kappa shape index (κ3) is 5.07. The summed E-state index contributed by atoms with van der Waals surface area (Å²) in [6.45, 7) is 3.66. The summed E-state index contributed by atoms with van der Waals surface area (Å²) in [5.74, 6) is -2.41. The van der Waals surface area contributed by atoms with Crippen molar-refractivity contribution in [1.29, 1.82) is 0 Å². The molecule has 1 heterocycles. The third-order valence-electron chi connectivity index (χ3n) is 6.56. The van der Waals surface area contributed by atoms with Crippen molar-refractivity contribution in [2.24, 2.45) is 11.0 Å². The number of halogens is 1. The van der Waals surface area contributed by atoms with Gasteiger partial charge in [0.25, 0.3) is 0 Å². The van der Waals surface area contributed by atoms with Gasteiger partial charge in [0.1, 0.15) is 11.6 Å². The van der Waals surface area contributed by atoms with E-state index >= 15 is 0 Å². The maximum absolute atomic E-state index is 14.4. The van der Waals surface area contributed by atoms with E-state index in [0.717, 1.165) is 22.3 Å². The van der Waals surface area contributed by atoms with Crippen LogP contribution in [0.4, 0.5) is 10.1 Å². The number of anilines is 1. The molecule has 0 spiro atoms. The smallest absolute Gasteiger partial charge is 0.352 e. The van der Waals surface area contributed by atoms with Crippen LogP contribution in [0.25, 0.3) is 11.1 Å². The maximum atomic E-state index is 14.4. The van der Waals surface area contributed by atoms with Gasteiger partial charge in [0.15, 0.2) is 5.71 Å². The Morgan fingerprint density at radius 3 is 2.39 bits per heavy atom. The lowest BCUT2D eigenvalue weighted by molar-refractivity contribution is -0.137. The van der Waals surface area contributed by atoms with Crippen LogP contribution in [0.1, 0.15) is 30.0 Å². The number of aliphatic carboxylic acids is 2. The van der Waals surface area contributed by atoms with Crippen molar-refractivity contribution in [3.63, 3.8) is 0 Å². The molecule has 0 unspecified atom stereocenters. The van der Waals surface area contributed by atoms with Crippen molar-refractivity contribution in [3.8, 4) is 16.9 Å². The number of carboxylic acids is 2. The van der Waals surface area contributed by atoms with Crippen LogP contribution in [0.15, 0.2) is 65.8 Å². The highest BCUT2D eigenvalue weighted by molar-refractivity contribution is 6.37. The lowest BCUT2D eigenvalue weighted by atomic mass is 9.94. The lowest BCUT2D eigenvalue weighted by Gasteiger charge is -2.25. The summed E-state index contributed by atoms with van der Waals surface area (Å²) in [4.78, 5) is 22.9. The number of ether oxygens (including phenoxy) is 1. The van der Waals surface area contributed by atoms with Gasteiger partial charge in [-0.1, -0.05) is 37.3 Å². The van der Waals surface area contributed by atoms with Crippen molar-refractivity contribution in [2.45, 2.75) is 32.7 Å². The number of carboxylic acid groups (broad SMARTS) is 2. The molecule has 3 aromatic carbocycles. The number of methoxy groups -OCH3 is 1. The van der Waals surface area contributed by atoms with Gasteiger partial charge in [0.2, 0.25) is 0 Å². The highest BCUT2D eigenvalue weighted by Crippen LogP contribution is 2.32. The van der Waals surface area contributed by atoms with Crippen LogP contribution in [-0.4, -0.2) is 41.0 Å². The van der Waals surface area contributed by atoms with Crippen molar-refractivity contribution in [1.82, 2.24) is 0 Å². The summed E-state index contributed by atoms with van der Waals surface area (Å²) >= 11 is 0. The normalized spacial score (nSPS) is 17.1. The summed E-state index contributed by atoms with van der Waals surface area (Å²) in [7, 11) is 1.55. The zero-order chi connectivity index (χ0) is 26.0. The van der Waals surface area contributed by atoms with Gasteiger partial charge in [-0.05, 0) is 65.9 Å². The van der Waals surface area contributed by atoms with E-state index in [2.05, 4.69) is 5.10 Å². The molecule has 0 aliphatic carbocycles. The summed E-state index contributed by atoms with van der Waals surface area (Å²) in [6, 6.07) is 17.4. The molecule has 8 heteroatoms. The number of rotatable bonds is 8. The number of benzene rings is 3. The molecule has 3 aromatic rings. The minimum Gasteiger partial charge on any atom is -0.497 e. The zero-order valence-corrected chi connectivity index (χ0v) is 20.2. The Hall–Kier alpha value is -4.20. The molecule has 0 amide bonds. The number of hydrogen-bond donors (Lipinski definition) is 2. The molecule has 0 radical (unpaired) electrons. The average Bonchev–Trinajstić information content (AvgIpc) is 3.17.